The quantitative estimate of drug-likeness (QED) is 0.875. The molecule has 0 spiro atoms. The molecule has 0 aliphatic carbocycles. The summed E-state index contributed by atoms with van der Waals surface area (Å²) in [6, 6.07) is 15.3. The van der Waals surface area contributed by atoms with Crippen molar-refractivity contribution in [3.63, 3.8) is 0 Å². The Balaban J connectivity index is 1.72. The van der Waals surface area contributed by atoms with Crippen LogP contribution in [0.2, 0.25) is 0 Å². The van der Waals surface area contributed by atoms with Crippen molar-refractivity contribution in [3.8, 4) is 0 Å². The maximum absolute atomic E-state index is 12.7. The van der Waals surface area contributed by atoms with Crippen LogP contribution in [0.25, 0.3) is 0 Å². The molecule has 6 nitrogen and oxygen atoms in total. The molecule has 1 aliphatic heterocycles. The maximum atomic E-state index is 12.7. The van der Waals surface area contributed by atoms with Crippen LogP contribution in [0.1, 0.15) is 23.2 Å². The zero-order valence-corrected chi connectivity index (χ0v) is 15.9. The van der Waals surface area contributed by atoms with Gasteiger partial charge in [-0.3, -0.25) is 9.59 Å². The third-order valence-corrected chi connectivity index (χ3v) is 5.80. The normalized spacial score (nSPS) is 17.4. The molecule has 3 rings (SSSR count). The molecule has 0 radical (unpaired) electrons. The molecule has 1 fully saturated rings. The molecule has 2 aromatic rings. The molecule has 2 aromatic carbocycles. The number of sulfone groups is 1. The van der Waals surface area contributed by atoms with Gasteiger partial charge >= 0.3 is 0 Å². The second-order valence-corrected chi connectivity index (χ2v) is 8.70. The fourth-order valence-corrected chi connectivity index (χ4v) is 4.11. The average Bonchev–Trinajstić information content (AvgIpc) is 2.68. The van der Waals surface area contributed by atoms with Crippen LogP contribution in [0.5, 0.6) is 0 Å². The van der Waals surface area contributed by atoms with Gasteiger partial charge in [-0.25, -0.2) is 8.42 Å². The van der Waals surface area contributed by atoms with Crippen LogP contribution in [0.4, 0.5) is 5.69 Å². The van der Waals surface area contributed by atoms with E-state index in [1.54, 1.807) is 35.2 Å². The highest BCUT2D eigenvalue weighted by atomic mass is 32.2. The molecular formula is C20H22N2O4S. The van der Waals surface area contributed by atoms with Crippen LogP contribution < -0.4 is 5.32 Å². The number of piperidine rings is 1. The summed E-state index contributed by atoms with van der Waals surface area (Å²) < 4.78 is 23.8. The molecule has 2 amide bonds. The van der Waals surface area contributed by atoms with Gasteiger partial charge in [0.1, 0.15) is 0 Å². The van der Waals surface area contributed by atoms with Gasteiger partial charge in [-0.15, -0.1) is 0 Å². The molecule has 1 N–H and O–H groups in total. The molecule has 1 aliphatic rings. The van der Waals surface area contributed by atoms with Gasteiger partial charge in [0.25, 0.3) is 5.91 Å². The largest absolute Gasteiger partial charge is 0.338 e. The van der Waals surface area contributed by atoms with E-state index in [4.69, 9.17) is 0 Å². The maximum Gasteiger partial charge on any atom is 0.253 e. The van der Waals surface area contributed by atoms with E-state index in [9.17, 15) is 18.0 Å². The van der Waals surface area contributed by atoms with E-state index >= 15 is 0 Å². The van der Waals surface area contributed by atoms with Crippen molar-refractivity contribution in [3.05, 3.63) is 60.2 Å². The lowest BCUT2D eigenvalue weighted by atomic mass is 9.96. The van der Waals surface area contributed by atoms with Crippen LogP contribution in [-0.2, 0) is 14.6 Å². The van der Waals surface area contributed by atoms with Crippen molar-refractivity contribution < 1.29 is 18.0 Å². The van der Waals surface area contributed by atoms with Gasteiger partial charge in [-0.1, -0.05) is 30.3 Å². The fraction of sp³-hybridized carbons (Fsp3) is 0.300. The Bertz CT molecular complexity index is 941. The van der Waals surface area contributed by atoms with Crippen molar-refractivity contribution in [1.82, 2.24) is 4.90 Å². The summed E-state index contributed by atoms with van der Waals surface area (Å²) in [4.78, 5) is 27.1. The number of anilines is 1. The van der Waals surface area contributed by atoms with Gasteiger partial charge in [0, 0.05) is 24.9 Å². The Hall–Kier alpha value is -2.67. The summed E-state index contributed by atoms with van der Waals surface area (Å²) >= 11 is 0. The molecule has 1 saturated heterocycles. The van der Waals surface area contributed by atoms with Gasteiger partial charge in [0.15, 0.2) is 9.84 Å². The SMILES string of the molecule is CS(=O)(=O)c1ccccc1NC(=O)C1CCCN(C(=O)c2ccccc2)C1. The highest BCUT2D eigenvalue weighted by molar-refractivity contribution is 7.90. The van der Waals surface area contributed by atoms with Crippen LogP contribution in [0.15, 0.2) is 59.5 Å². The molecule has 0 bridgehead atoms. The van der Waals surface area contributed by atoms with E-state index in [1.165, 1.54) is 6.07 Å². The Morgan fingerprint density at radius 2 is 1.70 bits per heavy atom. The lowest BCUT2D eigenvalue weighted by Gasteiger charge is -2.32. The van der Waals surface area contributed by atoms with Gasteiger partial charge in [0.05, 0.1) is 16.5 Å². The summed E-state index contributed by atoms with van der Waals surface area (Å²) in [5.74, 6) is -0.736. The van der Waals surface area contributed by atoms with Crippen LogP contribution in [-0.4, -0.2) is 44.5 Å². The predicted molar refractivity (Wildman–Crippen MR) is 103 cm³/mol. The second kappa shape index (κ2) is 7.92. The van der Waals surface area contributed by atoms with Crippen molar-refractivity contribution in [2.75, 3.05) is 24.7 Å². The van der Waals surface area contributed by atoms with E-state index in [1.807, 2.05) is 18.2 Å². The van der Waals surface area contributed by atoms with Crippen molar-refractivity contribution >= 4 is 27.3 Å². The Kier molecular flexibility index (Phi) is 5.60. The molecule has 1 heterocycles. The number of benzene rings is 2. The predicted octanol–water partition coefficient (Wildman–Crippen LogP) is 2.58. The number of nitrogens with zero attached hydrogens (tertiary/aromatic N) is 1. The number of hydrogen-bond acceptors (Lipinski definition) is 4. The third kappa shape index (κ3) is 4.54. The minimum atomic E-state index is -3.45. The van der Waals surface area contributed by atoms with Gasteiger partial charge in [-0.05, 0) is 37.1 Å². The molecule has 7 heteroatoms. The lowest BCUT2D eigenvalue weighted by molar-refractivity contribution is -0.121. The molecule has 1 unspecified atom stereocenters. The standard InChI is InChI=1S/C20H22N2O4S/c1-27(25,26)18-12-6-5-11-17(18)21-19(23)16-10-7-13-22(14-16)20(24)15-8-3-2-4-9-15/h2-6,8-9,11-12,16H,7,10,13-14H2,1H3,(H,21,23). The number of nitrogens with one attached hydrogen (secondary N) is 1. The number of carbonyl (C=O) groups is 2. The number of amides is 2. The topological polar surface area (TPSA) is 83.6 Å². The third-order valence-electron chi connectivity index (χ3n) is 4.64. The molecule has 0 saturated carbocycles. The summed E-state index contributed by atoms with van der Waals surface area (Å²) in [6.45, 7) is 0.929. The molecule has 0 aromatic heterocycles. The highest BCUT2D eigenvalue weighted by Gasteiger charge is 2.29. The van der Waals surface area contributed by atoms with Crippen molar-refractivity contribution in [2.24, 2.45) is 5.92 Å². The van der Waals surface area contributed by atoms with Gasteiger partial charge in [0.2, 0.25) is 5.91 Å². The average molecular weight is 386 g/mol. The minimum Gasteiger partial charge on any atom is -0.338 e. The zero-order chi connectivity index (χ0) is 19.4. The Morgan fingerprint density at radius 3 is 2.41 bits per heavy atom. The first-order chi connectivity index (χ1) is 12.9. The van der Waals surface area contributed by atoms with Gasteiger partial charge < -0.3 is 10.2 Å². The number of rotatable bonds is 4. The number of hydrogen-bond donors (Lipinski definition) is 1. The summed E-state index contributed by atoms with van der Waals surface area (Å²) in [5, 5.41) is 2.73. The van der Waals surface area contributed by atoms with E-state index in [-0.39, 0.29) is 28.3 Å². The summed E-state index contributed by atoms with van der Waals surface area (Å²) in [5.41, 5.74) is 0.873. The first-order valence-electron chi connectivity index (χ1n) is 8.80. The second-order valence-electron chi connectivity index (χ2n) is 6.71. The number of carbonyl (C=O) groups excluding carboxylic acids is 2. The highest BCUT2D eigenvalue weighted by Crippen LogP contribution is 2.24. The van der Waals surface area contributed by atoms with Crippen LogP contribution in [0.3, 0.4) is 0 Å². The molecular weight excluding hydrogens is 364 g/mol. The van der Waals surface area contributed by atoms with E-state index in [0.717, 1.165) is 12.7 Å². The van der Waals surface area contributed by atoms with Crippen molar-refractivity contribution in [1.29, 1.82) is 0 Å². The summed E-state index contributed by atoms with van der Waals surface area (Å²) in [7, 11) is -3.45. The Labute approximate surface area is 159 Å². The van der Waals surface area contributed by atoms with Gasteiger partial charge in [-0.2, -0.15) is 0 Å². The molecule has 142 valence electrons. The fourth-order valence-electron chi connectivity index (χ4n) is 3.27. The minimum absolute atomic E-state index is 0.0892. The van der Waals surface area contributed by atoms with E-state index < -0.39 is 9.84 Å². The number of para-hydroxylation sites is 1. The van der Waals surface area contributed by atoms with Crippen LogP contribution in [0, 0.1) is 5.92 Å². The molecule has 1 atom stereocenters. The van der Waals surface area contributed by atoms with E-state index in [0.29, 0.717) is 25.1 Å². The van der Waals surface area contributed by atoms with Crippen LogP contribution >= 0.6 is 0 Å². The first-order valence-corrected chi connectivity index (χ1v) is 10.7. The summed E-state index contributed by atoms with van der Waals surface area (Å²) in [6.07, 6.45) is 2.49. The lowest BCUT2D eigenvalue weighted by Crippen LogP contribution is -2.43. The zero-order valence-electron chi connectivity index (χ0n) is 15.1. The number of likely N-dealkylation sites (tertiary alicyclic amines) is 1. The Morgan fingerprint density at radius 1 is 1.04 bits per heavy atom. The first kappa shape index (κ1) is 19.1. The molecule has 27 heavy (non-hydrogen) atoms. The monoisotopic (exact) mass is 386 g/mol. The smallest absolute Gasteiger partial charge is 0.253 e. The van der Waals surface area contributed by atoms with E-state index in [2.05, 4.69) is 5.32 Å². The van der Waals surface area contributed by atoms with Crippen molar-refractivity contribution in [2.45, 2.75) is 17.7 Å².